The van der Waals surface area contributed by atoms with Crippen molar-refractivity contribution in [1.82, 2.24) is 20.2 Å². The number of aryl methyl sites for hydroxylation is 1. The van der Waals surface area contributed by atoms with Crippen LogP contribution in [0.3, 0.4) is 0 Å². The fourth-order valence-corrected chi connectivity index (χ4v) is 2.10. The smallest absolute Gasteiger partial charge is 0.240 e. The molecule has 1 saturated carbocycles. The third-order valence-corrected chi connectivity index (χ3v) is 3.49. The first-order valence-electron chi connectivity index (χ1n) is 7.49. The quantitative estimate of drug-likeness (QED) is 0.852. The van der Waals surface area contributed by atoms with Gasteiger partial charge in [0.15, 0.2) is 0 Å². The zero-order chi connectivity index (χ0) is 14.8. The Morgan fingerprint density at radius 3 is 2.76 bits per heavy atom. The maximum atomic E-state index is 5.84. The van der Waals surface area contributed by atoms with Gasteiger partial charge in [0, 0.05) is 24.2 Å². The van der Waals surface area contributed by atoms with Crippen molar-refractivity contribution in [2.75, 3.05) is 11.9 Å². The van der Waals surface area contributed by atoms with Gasteiger partial charge in [-0.25, -0.2) is 4.98 Å². The summed E-state index contributed by atoms with van der Waals surface area (Å²) < 4.78 is 5.84. The van der Waals surface area contributed by atoms with Gasteiger partial charge in [-0.05, 0) is 33.1 Å². The van der Waals surface area contributed by atoms with Gasteiger partial charge in [0.25, 0.3) is 0 Å². The van der Waals surface area contributed by atoms with Gasteiger partial charge < -0.3 is 10.1 Å². The summed E-state index contributed by atoms with van der Waals surface area (Å²) in [5, 5.41) is 10.3. The lowest BCUT2D eigenvalue weighted by Crippen LogP contribution is -2.08. The molecule has 2 N–H and O–H groups in total. The molecular weight excluding hydrogens is 266 g/mol. The molecule has 6 heteroatoms. The molecule has 1 aliphatic rings. The molecule has 0 amide bonds. The Balaban J connectivity index is 1.91. The average molecular weight is 287 g/mol. The molecule has 1 fully saturated rings. The van der Waals surface area contributed by atoms with Crippen molar-refractivity contribution in [3.63, 3.8) is 0 Å². The number of anilines is 1. The van der Waals surface area contributed by atoms with Crippen LogP contribution in [0.25, 0.3) is 0 Å². The summed E-state index contributed by atoms with van der Waals surface area (Å²) in [6, 6.07) is 1.86. The van der Waals surface area contributed by atoms with Crippen LogP contribution >= 0.6 is 0 Å². The Bertz CT molecular complexity index is 633. The van der Waals surface area contributed by atoms with Gasteiger partial charge in [-0.2, -0.15) is 4.98 Å². The number of H-pyrrole nitrogens is 1. The van der Waals surface area contributed by atoms with E-state index in [0.29, 0.717) is 17.7 Å². The summed E-state index contributed by atoms with van der Waals surface area (Å²) in [7, 11) is 0. The minimum Gasteiger partial charge on any atom is -0.419 e. The van der Waals surface area contributed by atoms with E-state index in [-0.39, 0.29) is 0 Å². The van der Waals surface area contributed by atoms with Crippen molar-refractivity contribution < 1.29 is 4.74 Å². The number of ether oxygens (including phenoxy) is 1. The number of rotatable bonds is 6. The average Bonchev–Trinajstić information content (AvgIpc) is 3.23. The fraction of sp³-hybridized carbons (Fsp3) is 0.533. The summed E-state index contributed by atoms with van der Waals surface area (Å²) >= 11 is 0. The maximum absolute atomic E-state index is 5.84. The molecule has 0 aliphatic heterocycles. The summed E-state index contributed by atoms with van der Waals surface area (Å²) in [5.41, 5.74) is 1.89. The summed E-state index contributed by atoms with van der Waals surface area (Å²) in [5.74, 6) is 3.36. The minimum absolute atomic E-state index is 0.482. The van der Waals surface area contributed by atoms with E-state index in [0.717, 1.165) is 48.7 Å². The Hall–Kier alpha value is -2.11. The highest BCUT2D eigenvalue weighted by atomic mass is 16.5. The molecule has 0 spiro atoms. The first-order valence-corrected chi connectivity index (χ1v) is 7.49. The standard InChI is InChI=1S/C15H21N5O/c1-4-7-16-13-10(3)15(18-14(17-13)11-5-6-11)21-12-8-9(2)19-20-12/h8,11H,4-7H2,1-3H3,(H,19,20)(H,16,17,18). The van der Waals surface area contributed by atoms with Crippen LogP contribution in [-0.4, -0.2) is 26.7 Å². The van der Waals surface area contributed by atoms with E-state index in [1.54, 1.807) is 0 Å². The van der Waals surface area contributed by atoms with Gasteiger partial charge in [0.2, 0.25) is 11.8 Å². The fourth-order valence-electron chi connectivity index (χ4n) is 2.10. The van der Waals surface area contributed by atoms with Crippen molar-refractivity contribution in [1.29, 1.82) is 0 Å². The molecule has 0 saturated heterocycles. The molecule has 2 aromatic rings. The summed E-state index contributed by atoms with van der Waals surface area (Å²) in [4.78, 5) is 9.23. The van der Waals surface area contributed by atoms with Crippen LogP contribution in [0.4, 0.5) is 5.82 Å². The van der Waals surface area contributed by atoms with E-state index in [4.69, 9.17) is 4.74 Å². The molecule has 6 nitrogen and oxygen atoms in total. The normalized spacial score (nSPS) is 14.2. The van der Waals surface area contributed by atoms with Crippen LogP contribution < -0.4 is 10.1 Å². The van der Waals surface area contributed by atoms with E-state index in [1.165, 1.54) is 0 Å². The third-order valence-electron chi connectivity index (χ3n) is 3.49. The molecule has 0 aromatic carbocycles. The van der Waals surface area contributed by atoms with Gasteiger partial charge in [-0.1, -0.05) is 6.92 Å². The number of nitrogens with one attached hydrogen (secondary N) is 2. The van der Waals surface area contributed by atoms with Crippen molar-refractivity contribution >= 4 is 5.82 Å². The maximum Gasteiger partial charge on any atom is 0.240 e. The molecule has 0 bridgehead atoms. The molecule has 2 heterocycles. The highest BCUT2D eigenvalue weighted by Crippen LogP contribution is 2.40. The predicted molar refractivity (Wildman–Crippen MR) is 80.9 cm³/mol. The molecule has 1 aliphatic carbocycles. The molecule has 0 radical (unpaired) electrons. The first kappa shape index (κ1) is 13.9. The molecule has 0 unspecified atom stereocenters. The van der Waals surface area contributed by atoms with Crippen molar-refractivity contribution in [3.8, 4) is 11.8 Å². The summed E-state index contributed by atoms with van der Waals surface area (Å²) in [6.07, 6.45) is 3.38. The largest absolute Gasteiger partial charge is 0.419 e. The van der Waals surface area contributed by atoms with Gasteiger partial charge in [0.05, 0.1) is 5.56 Å². The molecule has 2 aromatic heterocycles. The molecular formula is C15H21N5O. The second kappa shape index (κ2) is 5.71. The molecule has 21 heavy (non-hydrogen) atoms. The number of nitrogens with zero attached hydrogens (tertiary/aromatic N) is 3. The Morgan fingerprint density at radius 1 is 1.33 bits per heavy atom. The van der Waals surface area contributed by atoms with E-state index in [2.05, 4.69) is 32.4 Å². The second-order valence-electron chi connectivity index (χ2n) is 5.55. The number of aromatic amines is 1. The molecule has 112 valence electrons. The molecule has 0 atom stereocenters. The van der Waals surface area contributed by atoms with Crippen molar-refractivity contribution in [2.24, 2.45) is 0 Å². The first-order chi connectivity index (χ1) is 10.2. The van der Waals surface area contributed by atoms with E-state index in [1.807, 2.05) is 19.9 Å². The topological polar surface area (TPSA) is 75.7 Å². The number of aromatic nitrogens is 4. The van der Waals surface area contributed by atoms with Crippen molar-refractivity contribution in [3.05, 3.63) is 23.1 Å². The van der Waals surface area contributed by atoms with Gasteiger partial charge in [-0.15, -0.1) is 5.10 Å². The van der Waals surface area contributed by atoms with Gasteiger partial charge >= 0.3 is 0 Å². The Kier molecular flexibility index (Phi) is 3.77. The molecule has 3 rings (SSSR count). The third kappa shape index (κ3) is 3.15. The Morgan fingerprint density at radius 2 is 2.14 bits per heavy atom. The van der Waals surface area contributed by atoms with E-state index >= 15 is 0 Å². The lowest BCUT2D eigenvalue weighted by Gasteiger charge is -2.13. The monoisotopic (exact) mass is 287 g/mol. The second-order valence-corrected chi connectivity index (χ2v) is 5.55. The van der Waals surface area contributed by atoms with Crippen LogP contribution in [0.2, 0.25) is 0 Å². The number of hydrogen-bond donors (Lipinski definition) is 2. The van der Waals surface area contributed by atoms with E-state index < -0.39 is 0 Å². The van der Waals surface area contributed by atoms with Crippen molar-refractivity contribution in [2.45, 2.75) is 46.0 Å². The summed E-state index contributed by atoms with van der Waals surface area (Å²) in [6.45, 7) is 6.94. The van der Waals surface area contributed by atoms with Crippen LogP contribution in [-0.2, 0) is 0 Å². The van der Waals surface area contributed by atoms with Crippen LogP contribution in [0.5, 0.6) is 11.8 Å². The van der Waals surface area contributed by atoms with Gasteiger partial charge in [-0.3, -0.25) is 5.10 Å². The highest BCUT2D eigenvalue weighted by molar-refractivity contribution is 5.49. The minimum atomic E-state index is 0.482. The Labute approximate surface area is 124 Å². The van der Waals surface area contributed by atoms with Crippen LogP contribution in [0, 0.1) is 13.8 Å². The lowest BCUT2D eigenvalue weighted by atomic mass is 10.3. The van der Waals surface area contributed by atoms with Crippen LogP contribution in [0.1, 0.15) is 49.2 Å². The van der Waals surface area contributed by atoms with Gasteiger partial charge in [0.1, 0.15) is 11.6 Å². The van der Waals surface area contributed by atoms with E-state index in [9.17, 15) is 0 Å². The highest BCUT2D eigenvalue weighted by Gasteiger charge is 2.28. The van der Waals surface area contributed by atoms with Crippen LogP contribution in [0.15, 0.2) is 6.07 Å². The zero-order valence-corrected chi connectivity index (χ0v) is 12.7. The zero-order valence-electron chi connectivity index (χ0n) is 12.7. The lowest BCUT2D eigenvalue weighted by molar-refractivity contribution is 0.436. The predicted octanol–water partition coefficient (Wildman–Crippen LogP) is 3.31. The number of hydrogen-bond acceptors (Lipinski definition) is 5. The SMILES string of the molecule is CCCNc1nc(C2CC2)nc(Oc2cc(C)[nH]n2)c1C.